The zero-order valence-electron chi connectivity index (χ0n) is 14.5. The lowest BCUT2D eigenvalue weighted by molar-refractivity contribution is -0.0840. The van der Waals surface area contributed by atoms with Gasteiger partial charge in [0.15, 0.2) is 5.82 Å². The maximum absolute atomic E-state index is 5.87. The lowest BCUT2D eigenvalue weighted by atomic mass is 9.90. The Morgan fingerprint density at radius 1 is 1.24 bits per heavy atom. The highest BCUT2D eigenvalue weighted by Crippen LogP contribution is 2.36. The van der Waals surface area contributed by atoms with Crippen molar-refractivity contribution < 1.29 is 18.5 Å². The first-order valence-electron chi connectivity index (χ1n) is 8.88. The molecule has 0 bridgehead atoms. The summed E-state index contributed by atoms with van der Waals surface area (Å²) in [7, 11) is 1.73. The third kappa shape index (κ3) is 3.47. The van der Waals surface area contributed by atoms with Crippen molar-refractivity contribution in [3.8, 4) is 0 Å². The van der Waals surface area contributed by atoms with Gasteiger partial charge in [-0.3, -0.25) is 4.90 Å². The van der Waals surface area contributed by atoms with Crippen molar-refractivity contribution in [2.75, 3.05) is 33.4 Å². The maximum Gasteiger partial charge on any atom is 0.258 e. The molecule has 0 N–H and O–H groups in total. The van der Waals surface area contributed by atoms with E-state index >= 15 is 0 Å². The van der Waals surface area contributed by atoms with Crippen LogP contribution in [0.1, 0.15) is 49.0 Å². The number of hydrogen-bond donors (Lipinski definition) is 0. The first-order chi connectivity index (χ1) is 12.3. The Bertz CT molecular complexity index is 658. The molecule has 0 aliphatic carbocycles. The normalized spacial score (nSPS) is 22.3. The summed E-state index contributed by atoms with van der Waals surface area (Å²) in [5.74, 6) is 1.73. The number of ether oxygens (including phenoxy) is 2. The van der Waals surface area contributed by atoms with Gasteiger partial charge in [0.25, 0.3) is 5.89 Å². The van der Waals surface area contributed by atoms with Crippen LogP contribution in [0.3, 0.4) is 0 Å². The molecule has 0 unspecified atom stereocenters. The zero-order valence-corrected chi connectivity index (χ0v) is 14.5. The van der Waals surface area contributed by atoms with Crippen LogP contribution in [-0.4, -0.2) is 53.6 Å². The molecule has 0 atom stereocenters. The van der Waals surface area contributed by atoms with Gasteiger partial charge in [-0.25, -0.2) is 0 Å². The van der Waals surface area contributed by atoms with E-state index < -0.39 is 5.60 Å². The Hall–Kier alpha value is -1.77. The Kier molecular flexibility index (Phi) is 4.82. The van der Waals surface area contributed by atoms with Crippen LogP contribution in [0.2, 0.25) is 0 Å². The summed E-state index contributed by atoms with van der Waals surface area (Å²) in [5, 5.41) is 8.21. The summed E-state index contributed by atoms with van der Waals surface area (Å²) < 4.78 is 21.8. The van der Waals surface area contributed by atoms with Gasteiger partial charge < -0.3 is 18.5 Å². The molecular formula is C17H24N4O4. The SMILES string of the molecule is COC1(c2nc(C3CCOCC3)no2)CCN(Cc2ccon2)CC1. The van der Waals surface area contributed by atoms with E-state index in [-0.39, 0.29) is 0 Å². The van der Waals surface area contributed by atoms with Crippen LogP contribution in [0.15, 0.2) is 21.4 Å². The lowest BCUT2D eigenvalue weighted by Crippen LogP contribution is -2.43. The van der Waals surface area contributed by atoms with Gasteiger partial charge in [0.1, 0.15) is 11.9 Å². The molecule has 0 spiro atoms. The van der Waals surface area contributed by atoms with Gasteiger partial charge >= 0.3 is 0 Å². The quantitative estimate of drug-likeness (QED) is 0.812. The average Bonchev–Trinajstić information content (AvgIpc) is 3.36. The molecule has 2 aromatic heterocycles. The fourth-order valence-electron chi connectivity index (χ4n) is 3.67. The van der Waals surface area contributed by atoms with E-state index in [2.05, 4.69) is 15.2 Å². The summed E-state index contributed by atoms with van der Waals surface area (Å²) in [6, 6.07) is 1.90. The molecular weight excluding hydrogens is 324 g/mol. The second kappa shape index (κ2) is 7.23. The minimum absolute atomic E-state index is 0.326. The molecule has 4 heterocycles. The molecule has 2 aromatic rings. The Balaban J connectivity index is 1.42. The first kappa shape index (κ1) is 16.7. The molecule has 8 heteroatoms. The molecule has 136 valence electrons. The molecule has 8 nitrogen and oxygen atoms in total. The van der Waals surface area contributed by atoms with Gasteiger partial charge in [0.05, 0.1) is 5.69 Å². The minimum Gasteiger partial charge on any atom is -0.381 e. The Labute approximate surface area is 146 Å². The second-order valence-electron chi connectivity index (χ2n) is 6.81. The minimum atomic E-state index is -0.489. The largest absolute Gasteiger partial charge is 0.381 e. The molecule has 0 radical (unpaired) electrons. The number of methoxy groups -OCH3 is 1. The van der Waals surface area contributed by atoms with E-state index in [1.54, 1.807) is 13.4 Å². The third-order valence-electron chi connectivity index (χ3n) is 5.35. The van der Waals surface area contributed by atoms with E-state index in [0.717, 1.165) is 70.0 Å². The van der Waals surface area contributed by atoms with Crippen molar-refractivity contribution in [1.29, 1.82) is 0 Å². The number of nitrogens with zero attached hydrogens (tertiary/aromatic N) is 4. The van der Waals surface area contributed by atoms with Crippen LogP contribution in [0, 0.1) is 0 Å². The standard InChI is InChI=1S/C17H24N4O4/c1-22-17(5-7-21(8-6-17)12-14-4-11-24-19-14)16-18-15(20-25-16)13-2-9-23-10-3-13/h4,11,13H,2-3,5-10,12H2,1H3. The van der Waals surface area contributed by atoms with Crippen molar-refractivity contribution in [3.05, 3.63) is 29.7 Å². The third-order valence-corrected chi connectivity index (χ3v) is 5.35. The van der Waals surface area contributed by atoms with Gasteiger partial charge in [-0.05, 0) is 25.7 Å². The fourth-order valence-corrected chi connectivity index (χ4v) is 3.67. The van der Waals surface area contributed by atoms with E-state index in [4.69, 9.17) is 23.5 Å². The van der Waals surface area contributed by atoms with Crippen molar-refractivity contribution in [3.63, 3.8) is 0 Å². The molecule has 2 aliphatic heterocycles. The summed E-state index contributed by atoms with van der Waals surface area (Å²) >= 11 is 0. The number of piperidine rings is 1. The summed E-state index contributed by atoms with van der Waals surface area (Å²) in [5.41, 5.74) is 0.459. The molecule has 0 aromatic carbocycles. The molecule has 0 amide bonds. The summed E-state index contributed by atoms with van der Waals surface area (Å²) in [4.78, 5) is 7.04. The predicted molar refractivity (Wildman–Crippen MR) is 86.8 cm³/mol. The molecule has 4 rings (SSSR count). The number of likely N-dealkylation sites (tertiary alicyclic amines) is 1. The fraction of sp³-hybridized carbons (Fsp3) is 0.706. The van der Waals surface area contributed by atoms with Crippen molar-refractivity contribution in [2.45, 2.75) is 43.7 Å². The lowest BCUT2D eigenvalue weighted by Gasteiger charge is -2.37. The van der Waals surface area contributed by atoms with E-state index in [1.165, 1.54) is 0 Å². The van der Waals surface area contributed by atoms with Crippen molar-refractivity contribution in [2.24, 2.45) is 0 Å². The van der Waals surface area contributed by atoms with Gasteiger partial charge in [0.2, 0.25) is 0 Å². The number of hydrogen-bond acceptors (Lipinski definition) is 8. The highest BCUT2D eigenvalue weighted by molar-refractivity contribution is 5.06. The van der Waals surface area contributed by atoms with Crippen LogP contribution in [-0.2, 0) is 21.6 Å². The van der Waals surface area contributed by atoms with Crippen molar-refractivity contribution in [1.82, 2.24) is 20.2 Å². The monoisotopic (exact) mass is 348 g/mol. The maximum atomic E-state index is 5.87. The van der Waals surface area contributed by atoms with Gasteiger partial charge in [0, 0.05) is 51.9 Å². The average molecular weight is 348 g/mol. The molecule has 0 saturated carbocycles. The van der Waals surface area contributed by atoms with Crippen LogP contribution < -0.4 is 0 Å². The molecule has 2 aliphatic rings. The topological polar surface area (TPSA) is 86.7 Å². The van der Waals surface area contributed by atoms with E-state index in [9.17, 15) is 0 Å². The molecule has 2 saturated heterocycles. The number of aromatic nitrogens is 3. The molecule has 25 heavy (non-hydrogen) atoms. The Morgan fingerprint density at radius 2 is 2.04 bits per heavy atom. The van der Waals surface area contributed by atoms with E-state index in [1.807, 2.05) is 6.07 Å². The zero-order chi connectivity index (χ0) is 17.1. The summed E-state index contributed by atoms with van der Waals surface area (Å²) in [6.45, 7) is 4.08. The van der Waals surface area contributed by atoms with Gasteiger partial charge in [-0.1, -0.05) is 10.3 Å². The predicted octanol–water partition coefficient (Wildman–Crippen LogP) is 2.09. The highest BCUT2D eigenvalue weighted by Gasteiger charge is 2.42. The van der Waals surface area contributed by atoms with E-state index in [0.29, 0.717) is 11.8 Å². The van der Waals surface area contributed by atoms with Gasteiger partial charge in [-0.15, -0.1) is 0 Å². The van der Waals surface area contributed by atoms with Crippen LogP contribution in [0.25, 0.3) is 0 Å². The van der Waals surface area contributed by atoms with Crippen molar-refractivity contribution >= 4 is 0 Å². The second-order valence-corrected chi connectivity index (χ2v) is 6.81. The summed E-state index contributed by atoms with van der Waals surface area (Å²) in [6.07, 6.45) is 5.14. The smallest absolute Gasteiger partial charge is 0.258 e. The first-order valence-corrected chi connectivity index (χ1v) is 8.88. The van der Waals surface area contributed by atoms with Gasteiger partial charge in [-0.2, -0.15) is 4.98 Å². The van der Waals surface area contributed by atoms with Crippen LogP contribution >= 0.6 is 0 Å². The molecule has 2 fully saturated rings. The van der Waals surface area contributed by atoms with Crippen LogP contribution in [0.4, 0.5) is 0 Å². The van der Waals surface area contributed by atoms with Crippen LogP contribution in [0.5, 0.6) is 0 Å². The Morgan fingerprint density at radius 3 is 2.72 bits per heavy atom. The highest BCUT2D eigenvalue weighted by atomic mass is 16.5. The number of rotatable bonds is 5.